The maximum Gasteiger partial charge on any atom is 0.347 e. The van der Waals surface area contributed by atoms with E-state index in [9.17, 15) is 13.2 Å². The van der Waals surface area contributed by atoms with E-state index in [2.05, 4.69) is 9.71 Å². The third-order valence-corrected chi connectivity index (χ3v) is 5.90. The van der Waals surface area contributed by atoms with Gasteiger partial charge in [0.05, 0.1) is 14.2 Å². The highest BCUT2D eigenvalue weighted by Gasteiger charge is 2.28. The van der Waals surface area contributed by atoms with Gasteiger partial charge in [0.15, 0.2) is 5.84 Å². The lowest BCUT2D eigenvalue weighted by Gasteiger charge is -2.11. The molecule has 9 heteroatoms. The van der Waals surface area contributed by atoms with E-state index in [1.54, 1.807) is 60.7 Å². The minimum atomic E-state index is -3.74. The quantitative estimate of drug-likeness (QED) is 0.480. The number of nitrogens with one attached hydrogen (secondary N) is 1. The van der Waals surface area contributed by atoms with Crippen LogP contribution in [0.15, 0.2) is 76.0 Å². The van der Waals surface area contributed by atoms with Gasteiger partial charge >= 0.3 is 5.97 Å². The molecule has 31 heavy (non-hydrogen) atoms. The van der Waals surface area contributed by atoms with Gasteiger partial charge in [-0.1, -0.05) is 18.2 Å². The largest absolute Gasteiger partial charge is 0.497 e. The molecule has 0 aliphatic carbocycles. The fourth-order valence-electron chi connectivity index (χ4n) is 3.10. The zero-order chi connectivity index (χ0) is 22.0. The number of benzene rings is 3. The molecule has 3 aromatic carbocycles. The predicted octanol–water partition coefficient (Wildman–Crippen LogP) is 3.48. The van der Waals surface area contributed by atoms with Crippen LogP contribution < -0.4 is 19.5 Å². The lowest BCUT2D eigenvalue weighted by Crippen LogP contribution is -2.12. The van der Waals surface area contributed by atoms with E-state index in [0.717, 1.165) is 0 Å². The molecule has 0 fully saturated rings. The van der Waals surface area contributed by atoms with Crippen molar-refractivity contribution in [3.05, 3.63) is 77.9 Å². The Bertz CT molecular complexity index is 1300. The van der Waals surface area contributed by atoms with Crippen LogP contribution in [0.5, 0.6) is 17.2 Å². The van der Waals surface area contributed by atoms with Crippen molar-refractivity contribution < 1.29 is 27.4 Å². The number of methoxy groups -OCH3 is 2. The van der Waals surface area contributed by atoms with Crippen LogP contribution in [0, 0.1) is 0 Å². The second kappa shape index (κ2) is 8.11. The van der Waals surface area contributed by atoms with Gasteiger partial charge in [-0.25, -0.2) is 4.79 Å². The summed E-state index contributed by atoms with van der Waals surface area (Å²) in [6, 6.07) is 17.9. The Morgan fingerprint density at radius 1 is 0.903 bits per heavy atom. The molecule has 158 valence electrons. The number of anilines is 1. The first kappa shape index (κ1) is 20.4. The summed E-state index contributed by atoms with van der Waals surface area (Å²) in [4.78, 5) is 12.8. The molecule has 4 rings (SSSR count). The van der Waals surface area contributed by atoms with Crippen LogP contribution in [0.3, 0.4) is 0 Å². The normalized spacial score (nSPS) is 13.7. The zero-order valence-electron chi connectivity index (χ0n) is 16.7. The lowest BCUT2D eigenvalue weighted by molar-refractivity contribution is 0.0731. The molecular formula is C22H18N2O6S. The number of hydrogen-bond acceptors (Lipinski definition) is 7. The van der Waals surface area contributed by atoms with E-state index >= 15 is 0 Å². The highest BCUT2D eigenvalue weighted by Crippen LogP contribution is 2.29. The van der Waals surface area contributed by atoms with Crippen molar-refractivity contribution in [1.82, 2.24) is 0 Å². The van der Waals surface area contributed by atoms with Crippen molar-refractivity contribution >= 4 is 27.5 Å². The highest BCUT2D eigenvalue weighted by atomic mass is 32.2. The average molecular weight is 438 g/mol. The van der Waals surface area contributed by atoms with Gasteiger partial charge in [0, 0.05) is 23.4 Å². The Hall–Kier alpha value is -3.85. The van der Waals surface area contributed by atoms with Gasteiger partial charge in [0.25, 0.3) is 10.0 Å². The summed E-state index contributed by atoms with van der Waals surface area (Å²) in [5, 5.41) is 2.98. The van der Waals surface area contributed by atoms with Gasteiger partial charge < -0.3 is 19.5 Å². The standard InChI is InChI=1S/C22H18N2O6S/c1-28-15-10-11-17(19(13-15)29-2)22(25)30-16-7-5-6-14(12-16)23-21-18-8-3-4-9-20(18)31(26,27)24-21/h3-13H,1-2H3,(H,23,24). The smallest absolute Gasteiger partial charge is 0.347 e. The Balaban J connectivity index is 1.56. The van der Waals surface area contributed by atoms with Crippen molar-refractivity contribution in [3.8, 4) is 17.2 Å². The van der Waals surface area contributed by atoms with E-state index in [-0.39, 0.29) is 22.0 Å². The highest BCUT2D eigenvalue weighted by molar-refractivity contribution is 7.90. The first-order valence-corrected chi connectivity index (χ1v) is 10.6. The van der Waals surface area contributed by atoms with Gasteiger partial charge in [-0.15, -0.1) is 4.40 Å². The number of sulfonamides is 1. The third kappa shape index (κ3) is 4.08. The molecule has 0 radical (unpaired) electrons. The number of carbonyl (C=O) groups is 1. The van der Waals surface area contributed by atoms with Crippen molar-refractivity contribution in [2.45, 2.75) is 4.90 Å². The number of nitrogens with zero attached hydrogens (tertiary/aromatic N) is 1. The van der Waals surface area contributed by atoms with E-state index in [4.69, 9.17) is 14.2 Å². The minimum absolute atomic E-state index is 0.145. The van der Waals surface area contributed by atoms with Gasteiger partial charge in [-0.05, 0) is 36.4 Å². The van der Waals surface area contributed by atoms with Crippen LogP contribution in [-0.4, -0.2) is 34.4 Å². The molecule has 0 amide bonds. The zero-order valence-corrected chi connectivity index (χ0v) is 17.5. The SMILES string of the molecule is COc1ccc(C(=O)Oc2cccc(NC3=NS(=O)(=O)c4ccccc43)c2)c(OC)c1. The molecule has 1 heterocycles. The van der Waals surface area contributed by atoms with Crippen molar-refractivity contribution in [1.29, 1.82) is 0 Å². The van der Waals surface area contributed by atoms with Crippen LogP contribution >= 0.6 is 0 Å². The predicted molar refractivity (Wildman–Crippen MR) is 115 cm³/mol. The summed E-state index contributed by atoms with van der Waals surface area (Å²) >= 11 is 0. The van der Waals surface area contributed by atoms with Crippen molar-refractivity contribution in [3.63, 3.8) is 0 Å². The van der Waals surface area contributed by atoms with Gasteiger partial charge in [0.1, 0.15) is 27.7 Å². The summed E-state index contributed by atoms with van der Waals surface area (Å²) in [5.74, 6) is 0.731. The maximum absolute atomic E-state index is 12.6. The second-order valence-corrected chi connectivity index (χ2v) is 8.09. The Morgan fingerprint density at radius 3 is 2.48 bits per heavy atom. The number of amidine groups is 1. The fourth-order valence-corrected chi connectivity index (χ4v) is 4.27. The fraction of sp³-hybridized carbons (Fsp3) is 0.0909. The van der Waals surface area contributed by atoms with Crippen LogP contribution in [0.25, 0.3) is 0 Å². The minimum Gasteiger partial charge on any atom is -0.497 e. The molecule has 1 N–H and O–H groups in total. The average Bonchev–Trinajstić information content (AvgIpc) is 3.03. The number of ether oxygens (including phenoxy) is 3. The third-order valence-electron chi connectivity index (χ3n) is 4.57. The second-order valence-electron chi connectivity index (χ2n) is 6.52. The molecule has 0 spiro atoms. The first-order chi connectivity index (χ1) is 14.9. The number of rotatable bonds is 5. The molecule has 0 aromatic heterocycles. The van der Waals surface area contributed by atoms with Crippen molar-refractivity contribution in [2.24, 2.45) is 4.40 Å². The molecule has 0 atom stereocenters. The molecule has 0 unspecified atom stereocenters. The molecule has 3 aromatic rings. The van der Waals surface area contributed by atoms with Crippen LogP contribution in [-0.2, 0) is 10.0 Å². The number of esters is 1. The molecule has 0 saturated heterocycles. The van der Waals surface area contributed by atoms with E-state index in [0.29, 0.717) is 22.7 Å². The number of hydrogen-bond donors (Lipinski definition) is 1. The van der Waals surface area contributed by atoms with Crippen LogP contribution in [0.1, 0.15) is 15.9 Å². The summed E-state index contributed by atoms with van der Waals surface area (Å²) in [5.41, 5.74) is 1.23. The summed E-state index contributed by atoms with van der Waals surface area (Å²) in [7, 11) is -0.771. The summed E-state index contributed by atoms with van der Waals surface area (Å²) in [6.45, 7) is 0. The summed E-state index contributed by atoms with van der Waals surface area (Å²) in [6.07, 6.45) is 0. The van der Waals surface area contributed by atoms with Gasteiger partial charge in [0.2, 0.25) is 0 Å². The monoisotopic (exact) mass is 438 g/mol. The van der Waals surface area contributed by atoms with E-state index in [1.165, 1.54) is 20.3 Å². The topological polar surface area (TPSA) is 103 Å². The lowest BCUT2D eigenvalue weighted by atomic mass is 10.2. The van der Waals surface area contributed by atoms with E-state index in [1.807, 2.05) is 0 Å². The molecule has 1 aliphatic heterocycles. The Kier molecular flexibility index (Phi) is 5.35. The molecule has 0 saturated carbocycles. The number of fused-ring (bicyclic) bond motifs is 1. The van der Waals surface area contributed by atoms with Crippen LogP contribution in [0.2, 0.25) is 0 Å². The molecular weight excluding hydrogens is 420 g/mol. The molecule has 8 nitrogen and oxygen atoms in total. The first-order valence-electron chi connectivity index (χ1n) is 9.17. The molecule has 1 aliphatic rings. The Labute approximate surface area is 179 Å². The van der Waals surface area contributed by atoms with Gasteiger partial charge in [-0.3, -0.25) is 0 Å². The number of carbonyl (C=O) groups excluding carboxylic acids is 1. The summed E-state index contributed by atoms with van der Waals surface area (Å²) < 4.78 is 44.1. The maximum atomic E-state index is 12.6. The van der Waals surface area contributed by atoms with Crippen molar-refractivity contribution in [2.75, 3.05) is 19.5 Å². The van der Waals surface area contributed by atoms with Crippen LogP contribution in [0.4, 0.5) is 5.69 Å². The van der Waals surface area contributed by atoms with E-state index < -0.39 is 16.0 Å². The molecule has 0 bridgehead atoms. The Morgan fingerprint density at radius 2 is 1.71 bits per heavy atom. The van der Waals surface area contributed by atoms with Gasteiger partial charge in [-0.2, -0.15) is 8.42 Å².